The number of hydroxylamine groups is 2. The monoisotopic (exact) mass is 314 g/mol. The molecule has 0 spiro atoms. The molecule has 0 bridgehead atoms. The van der Waals surface area contributed by atoms with Crippen molar-refractivity contribution in [2.75, 3.05) is 20.1 Å². The molecular formula is C13H22N4O5. The largest absolute Gasteiger partial charge is 0.355 e. The molecule has 1 saturated heterocycles. The summed E-state index contributed by atoms with van der Waals surface area (Å²) < 4.78 is 0. The summed E-state index contributed by atoms with van der Waals surface area (Å²) in [5.74, 6) is -1.90. The first-order valence-electron chi connectivity index (χ1n) is 7.21. The van der Waals surface area contributed by atoms with Crippen LogP contribution in [0.15, 0.2) is 0 Å². The van der Waals surface area contributed by atoms with E-state index < -0.39 is 23.8 Å². The average molecular weight is 314 g/mol. The summed E-state index contributed by atoms with van der Waals surface area (Å²) >= 11 is 0. The first-order chi connectivity index (χ1) is 10.5. The molecule has 1 aliphatic heterocycles. The third-order valence-electron chi connectivity index (χ3n) is 3.25. The van der Waals surface area contributed by atoms with E-state index in [0.717, 1.165) is 0 Å². The van der Waals surface area contributed by atoms with Crippen LogP contribution in [0.1, 0.15) is 32.1 Å². The van der Waals surface area contributed by atoms with Crippen LogP contribution < -0.4 is 16.4 Å². The number of nitrogens with two attached hydrogens (primary N) is 1. The van der Waals surface area contributed by atoms with Crippen LogP contribution in [0.2, 0.25) is 0 Å². The highest BCUT2D eigenvalue weighted by Crippen LogP contribution is 2.13. The van der Waals surface area contributed by atoms with E-state index in [9.17, 15) is 19.2 Å². The molecule has 124 valence electrons. The minimum atomic E-state index is -0.669. The molecule has 1 aliphatic rings. The van der Waals surface area contributed by atoms with Crippen molar-refractivity contribution in [2.24, 2.45) is 5.73 Å². The second kappa shape index (κ2) is 9.11. The molecule has 0 radical (unpaired) electrons. The van der Waals surface area contributed by atoms with E-state index >= 15 is 0 Å². The van der Waals surface area contributed by atoms with E-state index in [0.29, 0.717) is 30.9 Å². The van der Waals surface area contributed by atoms with Gasteiger partial charge in [-0.1, -0.05) is 0 Å². The lowest BCUT2D eigenvalue weighted by atomic mass is 10.1. The molecule has 0 aromatic rings. The van der Waals surface area contributed by atoms with E-state index in [1.807, 2.05) is 0 Å². The number of hydrogen-bond acceptors (Lipinski definition) is 7. The first kappa shape index (κ1) is 18.1. The van der Waals surface area contributed by atoms with Crippen LogP contribution in [0.4, 0.5) is 0 Å². The predicted octanol–water partition coefficient (Wildman–Crippen LogP) is -1.57. The molecule has 9 nitrogen and oxygen atoms in total. The Hall–Kier alpha value is -2.00. The average Bonchev–Trinajstić information content (AvgIpc) is 2.82. The Bertz CT molecular complexity index is 424. The zero-order valence-electron chi connectivity index (χ0n) is 12.6. The minimum absolute atomic E-state index is 0.0522. The smallest absolute Gasteiger partial charge is 0.349 e. The second-order valence-electron chi connectivity index (χ2n) is 4.88. The van der Waals surface area contributed by atoms with Crippen molar-refractivity contribution < 1.29 is 24.0 Å². The number of unbranched alkanes of at least 4 members (excludes halogenated alkanes) is 1. The van der Waals surface area contributed by atoms with Crippen molar-refractivity contribution in [1.82, 2.24) is 15.7 Å². The van der Waals surface area contributed by atoms with Gasteiger partial charge in [-0.2, -0.15) is 0 Å². The molecule has 3 amide bonds. The van der Waals surface area contributed by atoms with Crippen LogP contribution >= 0.6 is 0 Å². The molecule has 0 saturated carbocycles. The number of hydrogen-bond donors (Lipinski definition) is 3. The zero-order valence-corrected chi connectivity index (χ0v) is 12.6. The van der Waals surface area contributed by atoms with Crippen molar-refractivity contribution in [3.63, 3.8) is 0 Å². The molecule has 0 aromatic heterocycles. The molecule has 4 N–H and O–H groups in total. The van der Waals surface area contributed by atoms with Crippen molar-refractivity contribution in [3.8, 4) is 0 Å². The fourth-order valence-corrected chi connectivity index (χ4v) is 1.96. The molecule has 0 aromatic carbocycles. The van der Waals surface area contributed by atoms with Crippen LogP contribution in [0.5, 0.6) is 0 Å². The lowest BCUT2D eigenvalue weighted by molar-refractivity contribution is -0.199. The standard InChI is InChI=1S/C13H22N4O5/c1-15-9(4-2-3-7-16-10(18)8-14)13(21)22-17-11(19)5-6-12(17)20/h9,15H,2-8,14H2,1H3,(H,16,18). The highest BCUT2D eigenvalue weighted by atomic mass is 16.7. The van der Waals surface area contributed by atoms with E-state index in [-0.39, 0.29) is 25.3 Å². The van der Waals surface area contributed by atoms with Crippen molar-refractivity contribution in [1.29, 1.82) is 0 Å². The maximum Gasteiger partial charge on any atom is 0.349 e. The van der Waals surface area contributed by atoms with Crippen LogP contribution in [0.25, 0.3) is 0 Å². The van der Waals surface area contributed by atoms with Gasteiger partial charge >= 0.3 is 5.97 Å². The highest BCUT2D eigenvalue weighted by molar-refractivity contribution is 6.01. The molecule has 1 rings (SSSR count). The van der Waals surface area contributed by atoms with Gasteiger partial charge in [0.25, 0.3) is 11.8 Å². The lowest BCUT2D eigenvalue weighted by Crippen LogP contribution is -2.41. The molecule has 0 aliphatic carbocycles. The summed E-state index contributed by atoms with van der Waals surface area (Å²) in [6.07, 6.45) is 1.94. The Kier molecular flexibility index (Phi) is 7.47. The van der Waals surface area contributed by atoms with Crippen LogP contribution in [-0.2, 0) is 24.0 Å². The second-order valence-corrected chi connectivity index (χ2v) is 4.88. The van der Waals surface area contributed by atoms with Gasteiger partial charge in [-0.25, -0.2) is 4.79 Å². The van der Waals surface area contributed by atoms with Crippen molar-refractivity contribution in [3.05, 3.63) is 0 Å². The molecule has 1 fully saturated rings. The van der Waals surface area contributed by atoms with Crippen LogP contribution in [0.3, 0.4) is 0 Å². The minimum Gasteiger partial charge on any atom is -0.355 e. The van der Waals surface area contributed by atoms with Gasteiger partial charge in [0.05, 0.1) is 6.54 Å². The quantitative estimate of drug-likeness (QED) is 0.346. The summed E-state index contributed by atoms with van der Waals surface area (Å²) in [6, 6.07) is -0.619. The van der Waals surface area contributed by atoms with Gasteiger partial charge in [0, 0.05) is 19.4 Å². The lowest BCUT2D eigenvalue weighted by Gasteiger charge is -2.18. The van der Waals surface area contributed by atoms with Gasteiger partial charge in [-0.3, -0.25) is 14.4 Å². The summed E-state index contributed by atoms with van der Waals surface area (Å²) in [7, 11) is 1.59. The summed E-state index contributed by atoms with van der Waals surface area (Å²) in [5, 5.41) is 5.95. The Morgan fingerprint density at radius 1 is 1.27 bits per heavy atom. The van der Waals surface area contributed by atoms with E-state index in [1.54, 1.807) is 7.05 Å². The first-order valence-corrected chi connectivity index (χ1v) is 7.21. The normalized spacial score (nSPS) is 15.8. The maximum atomic E-state index is 11.9. The number of rotatable bonds is 9. The molecule has 22 heavy (non-hydrogen) atoms. The Morgan fingerprint density at radius 2 is 1.91 bits per heavy atom. The van der Waals surface area contributed by atoms with E-state index in [2.05, 4.69) is 10.6 Å². The molecule has 1 unspecified atom stereocenters. The Labute approximate surface area is 128 Å². The molecular weight excluding hydrogens is 292 g/mol. The van der Waals surface area contributed by atoms with Gasteiger partial charge in [-0.05, 0) is 26.3 Å². The topological polar surface area (TPSA) is 131 Å². The van der Waals surface area contributed by atoms with Crippen molar-refractivity contribution in [2.45, 2.75) is 38.1 Å². The number of carbonyl (C=O) groups excluding carboxylic acids is 4. The predicted molar refractivity (Wildman–Crippen MR) is 75.9 cm³/mol. The van der Waals surface area contributed by atoms with Crippen LogP contribution in [0, 0.1) is 0 Å². The summed E-state index contributed by atoms with van der Waals surface area (Å²) in [5.41, 5.74) is 5.15. The van der Waals surface area contributed by atoms with Gasteiger partial charge in [0.1, 0.15) is 6.04 Å². The fraction of sp³-hybridized carbons (Fsp3) is 0.692. The highest BCUT2D eigenvalue weighted by Gasteiger charge is 2.34. The number of imide groups is 1. The maximum absolute atomic E-state index is 11.9. The number of nitrogens with one attached hydrogen (secondary N) is 2. The Morgan fingerprint density at radius 3 is 2.45 bits per heavy atom. The number of likely N-dealkylation sites (N-methyl/N-ethyl adjacent to an activating group) is 1. The number of nitrogens with zero attached hydrogens (tertiary/aromatic N) is 1. The molecule has 1 heterocycles. The van der Waals surface area contributed by atoms with E-state index in [4.69, 9.17) is 10.6 Å². The van der Waals surface area contributed by atoms with Crippen molar-refractivity contribution >= 4 is 23.7 Å². The Balaban J connectivity index is 2.31. The fourth-order valence-electron chi connectivity index (χ4n) is 1.96. The summed E-state index contributed by atoms with van der Waals surface area (Å²) in [6.45, 7) is 0.425. The third-order valence-corrected chi connectivity index (χ3v) is 3.25. The van der Waals surface area contributed by atoms with Gasteiger partial charge < -0.3 is 21.2 Å². The van der Waals surface area contributed by atoms with Gasteiger partial charge in [-0.15, -0.1) is 5.06 Å². The van der Waals surface area contributed by atoms with Crippen LogP contribution in [-0.4, -0.2) is 54.9 Å². The van der Waals surface area contributed by atoms with Gasteiger partial charge in [0.15, 0.2) is 0 Å². The van der Waals surface area contributed by atoms with E-state index in [1.165, 1.54) is 0 Å². The summed E-state index contributed by atoms with van der Waals surface area (Å²) in [4.78, 5) is 50.5. The third kappa shape index (κ3) is 5.41. The number of carbonyl (C=O) groups is 4. The number of amides is 3. The SMILES string of the molecule is CNC(CCCCNC(=O)CN)C(=O)ON1C(=O)CCC1=O. The van der Waals surface area contributed by atoms with Gasteiger partial charge in [0.2, 0.25) is 5.91 Å². The molecule has 9 heteroatoms. The zero-order chi connectivity index (χ0) is 16.5. The molecule has 1 atom stereocenters.